The van der Waals surface area contributed by atoms with E-state index in [-0.39, 0.29) is 10.7 Å². The fourth-order valence-electron chi connectivity index (χ4n) is 1.90. The van der Waals surface area contributed by atoms with E-state index < -0.39 is 0 Å². The fourth-order valence-corrected chi connectivity index (χ4v) is 2.07. The predicted octanol–water partition coefficient (Wildman–Crippen LogP) is 2.56. The minimum Gasteiger partial charge on any atom is -0.307 e. The Labute approximate surface area is 105 Å². The minimum atomic E-state index is -0.256. The molecule has 2 aromatic rings. The van der Waals surface area contributed by atoms with Gasteiger partial charge >= 0.3 is 0 Å². The van der Waals surface area contributed by atoms with Crippen LogP contribution in [-0.4, -0.2) is 9.55 Å². The average Bonchev–Trinajstić information content (AvgIpc) is 2.23. The first-order chi connectivity index (χ1) is 8.06. The molecule has 3 nitrogen and oxygen atoms in total. The second-order valence-corrected chi connectivity index (χ2v) is 4.51. The number of rotatable bonds is 2. The molecular weight excluding hydrogens is 236 g/mol. The van der Waals surface area contributed by atoms with Crippen molar-refractivity contribution in [3.63, 3.8) is 0 Å². The Hall–Kier alpha value is -1.61. The van der Waals surface area contributed by atoms with Crippen LogP contribution in [0, 0.1) is 13.8 Å². The van der Waals surface area contributed by atoms with Crippen LogP contribution in [0.5, 0.6) is 0 Å². The summed E-state index contributed by atoms with van der Waals surface area (Å²) in [5.74, 6) is 0. The van der Waals surface area contributed by atoms with Gasteiger partial charge in [0.25, 0.3) is 5.56 Å². The molecule has 4 heteroatoms. The molecule has 0 atom stereocenters. The Morgan fingerprint density at radius 3 is 2.53 bits per heavy atom. The van der Waals surface area contributed by atoms with E-state index in [1.54, 1.807) is 10.8 Å². The summed E-state index contributed by atoms with van der Waals surface area (Å²) in [5, 5.41) is 0.0110. The second kappa shape index (κ2) is 4.72. The van der Waals surface area contributed by atoms with Gasteiger partial charge in [-0.15, -0.1) is 0 Å². The third-order valence-corrected chi connectivity index (χ3v) is 2.77. The molecular formula is C13H13ClN2O. The monoisotopic (exact) mass is 248 g/mol. The lowest BCUT2D eigenvalue weighted by molar-refractivity contribution is 0.747. The summed E-state index contributed by atoms with van der Waals surface area (Å²) in [4.78, 5) is 15.5. The molecule has 0 saturated heterocycles. The Bertz CT molecular complexity index is 584. The number of aryl methyl sites for hydroxylation is 2. The number of halogens is 1. The maximum absolute atomic E-state index is 11.7. The Morgan fingerprint density at radius 1 is 1.24 bits per heavy atom. The fraction of sp³-hybridized carbons (Fsp3) is 0.231. The van der Waals surface area contributed by atoms with Gasteiger partial charge in [-0.1, -0.05) is 40.9 Å². The zero-order chi connectivity index (χ0) is 12.4. The summed E-state index contributed by atoms with van der Waals surface area (Å²) in [5.41, 5.74) is 3.21. The number of aromatic nitrogens is 2. The van der Waals surface area contributed by atoms with Gasteiger partial charge in [0.15, 0.2) is 5.15 Å². The molecule has 1 aromatic carbocycles. The normalized spacial score (nSPS) is 10.5. The molecule has 88 valence electrons. The summed E-state index contributed by atoms with van der Waals surface area (Å²) >= 11 is 5.70. The summed E-state index contributed by atoms with van der Waals surface area (Å²) in [6.45, 7) is 4.60. The molecule has 0 radical (unpaired) electrons. The summed E-state index contributed by atoms with van der Waals surface area (Å²) in [6.07, 6.45) is 3.18. The molecule has 2 rings (SSSR count). The Kier molecular flexibility index (Phi) is 3.29. The number of hydrogen-bond donors (Lipinski definition) is 0. The number of hydrogen-bond acceptors (Lipinski definition) is 2. The minimum absolute atomic E-state index is 0.0110. The molecule has 0 spiro atoms. The van der Waals surface area contributed by atoms with Gasteiger partial charge in [-0.2, -0.15) is 0 Å². The summed E-state index contributed by atoms with van der Waals surface area (Å²) in [6, 6.07) is 6.23. The molecule has 0 fully saturated rings. The van der Waals surface area contributed by atoms with Crippen LogP contribution in [0.4, 0.5) is 0 Å². The van der Waals surface area contributed by atoms with Crippen molar-refractivity contribution in [2.24, 2.45) is 0 Å². The molecule has 0 amide bonds. The molecule has 1 aromatic heterocycles. The average molecular weight is 249 g/mol. The third-order valence-electron chi connectivity index (χ3n) is 2.51. The topological polar surface area (TPSA) is 34.9 Å². The zero-order valence-corrected chi connectivity index (χ0v) is 10.5. The van der Waals surface area contributed by atoms with Crippen LogP contribution in [0.1, 0.15) is 16.7 Å². The van der Waals surface area contributed by atoms with Gasteiger partial charge in [0.05, 0.1) is 6.54 Å². The van der Waals surface area contributed by atoms with Crippen LogP contribution in [0.25, 0.3) is 0 Å². The van der Waals surface area contributed by atoms with Crippen molar-refractivity contribution in [2.75, 3.05) is 0 Å². The second-order valence-electron chi connectivity index (χ2n) is 4.15. The van der Waals surface area contributed by atoms with Crippen LogP contribution in [-0.2, 0) is 6.54 Å². The predicted molar refractivity (Wildman–Crippen MR) is 68.5 cm³/mol. The van der Waals surface area contributed by atoms with Crippen molar-refractivity contribution < 1.29 is 0 Å². The Balaban J connectivity index is 2.38. The highest BCUT2D eigenvalue weighted by molar-refractivity contribution is 6.29. The molecule has 1 heterocycles. The van der Waals surface area contributed by atoms with Gasteiger partial charge in [-0.3, -0.25) is 4.79 Å². The van der Waals surface area contributed by atoms with E-state index in [2.05, 4.69) is 23.2 Å². The van der Waals surface area contributed by atoms with E-state index in [9.17, 15) is 4.79 Å². The van der Waals surface area contributed by atoms with Crippen LogP contribution >= 0.6 is 11.6 Å². The van der Waals surface area contributed by atoms with E-state index in [4.69, 9.17) is 11.6 Å². The highest BCUT2D eigenvalue weighted by atomic mass is 35.5. The Morgan fingerprint density at radius 2 is 1.88 bits per heavy atom. The van der Waals surface area contributed by atoms with Gasteiger partial charge in [-0.25, -0.2) is 4.98 Å². The van der Waals surface area contributed by atoms with Crippen molar-refractivity contribution in [1.82, 2.24) is 9.55 Å². The van der Waals surface area contributed by atoms with Crippen molar-refractivity contribution in [3.05, 3.63) is 62.8 Å². The molecule has 0 bridgehead atoms. The molecule has 0 aliphatic carbocycles. The SMILES string of the molecule is Cc1cc(C)cc(Cn2ccnc(Cl)c2=O)c1. The van der Waals surface area contributed by atoms with Gasteiger partial charge in [0.1, 0.15) is 0 Å². The van der Waals surface area contributed by atoms with Crippen molar-refractivity contribution in [2.45, 2.75) is 20.4 Å². The van der Waals surface area contributed by atoms with Crippen molar-refractivity contribution >= 4 is 11.6 Å². The van der Waals surface area contributed by atoms with E-state index in [0.717, 1.165) is 5.56 Å². The molecule has 17 heavy (non-hydrogen) atoms. The standard InChI is InChI=1S/C13H13ClN2O/c1-9-5-10(2)7-11(6-9)8-16-4-3-15-12(14)13(16)17/h3-7H,8H2,1-2H3. The summed E-state index contributed by atoms with van der Waals surface area (Å²) in [7, 11) is 0. The lowest BCUT2D eigenvalue weighted by Crippen LogP contribution is -2.21. The molecule has 0 aliphatic rings. The molecule has 0 N–H and O–H groups in total. The van der Waals surface area contributed by atoms with E-state index >= 15 is 0 Å². The lowest BCUT2D eigenvalue weighted by atomic mass is 10.1. The van der Waals surface area contributed by atoms with Crippen LogP contribution in [0.2, 0.25) is 5.15 Å². The first-order valence-corrected chi connectivity index (χ1v) is 5.72. The number of benzene rings is 1. The number of nitrogens with zero attached hydrogens (tertiary/aromatic N) is 2. The first kappa shape index (κ1) is 11.9. The van der Waals surface area contributed by atoms with Gasteiger partial charge in [0, 0.05) is 12.4 Å². The quantitative estimate of drug-likeness (QED) is 0.819. The maximum atomic E-state index is 11.7. The van der Waals surface area contributed by atoms with Gasteiger partial charge in [0.2, 0.25) is 0 Å². The third kappa shape index (κ3) is 2.74. The summed E-state index contributed by atoms with van der Waals surface area (Å²) < 4.78 is 1.56. The maximum Gasteiger partial charge on any atom is 0.288 e. The smallest absolute Gasteiger partial charge is 0.288 e. The molecule has 0 aliphatic heterocycles. The van der Waals surface area contributed by atoms with Crippen LogP contribution in [0.15, 0.2) is 35.4 Å². The molecule has 0 unspecified atom stereocenters. The zero-order valence-electron chi connectivity index (χ0n) is 9.77. The lowest BCUT2D eigenvalue weighted by Gasteiger charge is -2.07. The van der Waals surface area contributed by atoms with Gasteiger partial charge < -0.3 is 4.57 Å². The van der Waals surface area contributed by atoms with Gasteiger partial charge in [-0.05, 0) is 19.4 Å². The highest BCUT2D eigenvalue weighted by Gasteiger charge is 2.03. The first-order valence-electron chi connectivity index (χ1n) is 5.34. The van der Waals surface area contributed by atoms with E-state index in [0.29, 0.717) is 6.54 Å². The van der Waals surface area contributed by atoms with E-state index in [1.165, 1.54) is 17.3 Å². The largest absolute Gasteiger partial charge is 0.307 e. The van der Waals surface area contributed by atoms with E-state index in [1.807, 2.05) is 13.8 Å². The van der Waals surface area contributed by atoms with Crippen LogP contribution < -0.4 is 5.56 Å². The van der Waals surface area contributed by atoms with Crippen molar-refractivity contribution in [3.8, 4) is 0 Å². The highest BCUT2D eigenvalue weighted by Crippen LogP contribution is 2.09. The van der Waals surface area contributed by atoms with Crippen molar-refractivity contribution in [1.29, 1.82) is 0 Å². The molecule has 0 saturated carbocycles. The van der Waals surface area contributed by atoms with Crippen LogP contribution in [0.3, 0.4) is 0 Å².